The van der Waals surface area contributed by atoms with Crippen LogP contribution < -0.4 is 25.5 Å². The average molecular weight is 497 g/mol. The number of carbonyl (C=O) groups excluding carboxylic acids is 3. The number of ether oxygens (including phenoxy) is 3. The molecule has 2 aromatic carbocycles. The zero-order valence-electron chi connectivity index (χ0n) is 20.8. The van der Waals surface area contributed by atoms with Gasteiger partial charge in [-0.1, -0.05) is 6.07 Å². The zero-order valence-corrected chi connectivity index (χ0v) is 20.8. The predicted molar refractivity (Wildman–Crippen MR) is 135 cm³/mol. The van der Waals surface area contributed by atoms with E-state index in [4.69, 9.17) is 14.2 Å². The molecule has 0 bridgehead atoms. The van der Waals surface area contributed by atoms with Crippen molar-refractivity contribution in [2.45, 2.75) is 39.7 Å². The number of carbonyl (C=O) groups is 3. The molecule has 10 heteroatoms. The van der Waals surface area contributed by atoms with Crippen LogP contribution in [0.5, 0.6) is 11.5 Å². The van der Waals surface area contributed by atoms with E-state index in [-0.39, 0.29) is 25.2 Å². The summed E-state index contributed by atoms with van der Waals surface area (Å²) >= 11 is 0. The van der Waals surface area contributed by atoms with E-state index in [0.29, 0.717) is 36.0 Å². The quantitative estimate of drug-likeness (QED) is 0.263. The molecule has 0 saturated carbocycles. The van der Waals surface area contributed by atoms with Crippen LogP contribution in [-0.2, 0) is 19.1 Å². The summed E-state index contributed by atoms with van der Waals surface area (Å²) in [5.41, 5.74) is 5.73. The molecule has 3 amide bonds. The molecular formula is C26H32N4O6. The molecule has 1 aliphatic rings. The molecule has 1 saturated heterocycles. The number of benzene rings is 2. The highest BCUT2D eigenvalue weighted by molar-refractivity contribution is 6.35. The van der Waals surface area contributed by atoms with Crippen LogP contribution in [0.15, 0.2) is 41.5 Å². The number of nitrogens with zero attached hydrogens (tertiary/aromatic N) is 1. The third kappa shape index (κ3) is 8.09. The number of amides is 3. The predicted octanol–water partition coefficient (Wildman–Crippen LogP) is 2.46. The summed E-state index contributed by atoms with van der Waals surface area (Å²) < 4.78 is 16.7. The Balaban J connectivity index is 1.51. The molecule has 1 atom stereocenters. The molecular weight excluding hydrogens is 464 g/mol. The molecule has 3 N–H and O–H groups in total. The minimum absolute atomic E-state index is 0.0548. The normalized spacial score (nSPS) is 14.9. The van der Waals surface area contributed by atoms with Crippen molar-refractivity contribution < 1.29 is 28.6 Å². The van der Waals surface area contributed by atoms with Gasteiger partial charge in [0.1, 0.15) is 0 Å². The van der Waals surface area contributed by atoms with Crippen LogP contribution in [0.25, 0.3) is 0 Å². The largest absolute Gasteiger partial charge is 0.490 e. The fourth-order valence-electron chi connectivity index (χ4n) is 3.46. The van der Waals surface area contributed by atoms with Crippen molar-refractivity contribution >= 4 is 29.6 Å². The number of rotatable bonds is 10. The summed E-state index contributed by atoms with van der Waals surface area (Å²) in [6.07, 6.45) is 3.13. The first-order chi connectivity index (χ1) is 17.4. The number of nitrogens with one attached hydrogen (secondary N) is 3. The zero-order chi connectivity index (χ0) is 25.9. The van der Waals surface area contributed by atoms with Crippen LogP contribution in [-0.4, -0.2) is 56.4 Å². The van der Waals surface area contributed by atoms with Crippen molar-refractivity contribution in [2.24, 2.45) is 5.10 Å². The molecule has 0 spiro atoms. The van der Waals surface area contributed by atoms with Gasteiger partial charge in [-0.05, 0) is 80.6 Å². The summed E-state index contributed by atoms with van der Waals surface area (Å²) in [5.74, 6) is -1.14. The second-order valence-electron chi connectivity index (χ2n) is 8.32. The summed E-state index contributed by atoms with van der Waals surface area (Å²) in [7, 11) is 0. The Bertz CT molecular complexity index is 1110. The Labute approximate surface area is 210 Å². The second-order valence-corrected chi connectivity index (χ2v) is 8.32. The molecule has 0 aromatic heterocycles. The third-order valence-corrected chi connectivity index (χ3v) is 5.52. The third-order valence-electron chi connectivity index (χ3n) is 5.52. The molecule has 0 radical (unpaired) electrons. The molecule has 1 aliphatic heterocycles. The Hall–Kier alpha value is -3.92. The van der Waals surface area contributed by atoms with Crippen molar-refractivity contribution in [1.29, 1.82) is 0 Å². The maximum Gasteiger partial charge on any atom is 0.329 e. The molecule has 0 aliphatic carbocycles. The van der Waals surface area contributed by atoms with Crippen LogP contribution in [0.3, 0.4) is 0 Å². The molecule has 10 nitrogen and oxygen atoms in total. The van der Waals surface area contributed by atoms with Crippen molar-refractivity contribution in [3.63, 3.8) is 0 Å². The fourth-order valence-corrected chi connectivity index (χ4v) is 3.46. The Kier molecular flexibility index (Phi) is 9.82. The first-order valence-corrected chi connectivity index (χ1v) is 11.8. The van der Waals surface area contributed by atoms with Gasteiger partial charge < -0.3 is 24.8 Å². The molecule has 1 heterocycles. The number of aryl methyl sites for hydroxylation is 2. The van der Waals surface area contributed by atoms with E-state index in [1.165, 1.54) is 6.21 Å². The molecule has 1 fully saturated rings. The first-order valence-electron chi connectivity index (χ1n) is 11.8. The Morgan fingerprint density at radius 3 is 2.61 bits per heavy atom. The van der Waals surface area contributed by atoms with Gasteiger partial charge in [-0.2, -0.15) is 5.10 Å². The summed E-state index contributed by atoms with van der Waals surface area (Å²) in [5, 5.41) is 9.17. The number of hydrogen-bond donors (Lipinski definition) is 3. The van der Waals surface area contributed by atoms with Crippen LogP contribution in [0.1, 0.15) is 36.5 Å². The Morgan fingerprint density at radius 1 is 1.06 bits per heavy atom. The highest BCUT2D eigenvalue weighted by Crippen LogP contribution is 2.28. The summed E-state index contributed by atoms with van der Waals surface area (Å²) in [6, 6.07) is 10.7. The Morgan fingerprint density at radius 2 is 1.89 bits per heavy atom. The smallest absolute Gasteiger partial charge is 0.329 e. The van der Waals surface area contributed by atoms with Gasteiger partial charge in [0.05, 0.1) is 18.9 Å². The lowest BCUT2D eigenvalue weighted by Crippen LogP contribution is -2.41. The van der Waals surface area contributed by atoms with Crippen LogP contribution in [0.2, 0.25) is 0 Å². The van der Waals surface area contributed by atoms with Crippen LogP contribution in [0.4, 0.5) is 5.69 Å². The standard InChI is InChI=1S/C26H32N4O6/c1-4-34-23-13-19(14-28-30-26(33)25(32)27-15-21-6-5-11-35-21)8-10-22(23)36-16-24(31)29-20-9-7-17(2)18(3)12-20/h7-10,12-14,21H,4-6,11,15-16H2,1-3H3,(H,27,32)(H,29,31)(H,30,33)/b28-14-/t21-/m0/s1. The van der Waals surface area contributed by atoms with Crippen molar-refractivity contribution in [3.8, 4) is 11.5 Å². The second kappa shape index (κ2) is 13.2. The number of anilines is 1. The first kappa shape index (κ1) is 26.7. The fraction of sp³-hybridized carbons (Fsp3) is 0.385. The summed E-state index contributed by atoms with van der Waals surface area (Å²) in [4.78, 5) is 36.1. The number of hydrogen-bond acceptors (Lipinski definition) is 7. The monoisotopic (exact) mass is 496 g/mol. The highest BCUT2D eigenvalue weighted by atomic mass is 16.5. The van der Waals surface area contributed by atoms with E-state index in [1.807, 2.05) is 39.0 Å². The summed E-state index contributed by atoms with van der Waals surface area (Å²) in [6.45, 7) is 6.96. The van der Waals surface area contributed by atoms with Gasteiger partial charge in [0, 0.05) is 18.8 Å². The molecule has 3 rings (SSSR count). The van der Waals surface area contributed by atoms with E-state index in [2.05, 4.69) is 21.2 Å². The average Bonchev–Trinajstić information content (AvgIpc) is 3.38. The van der Waals surface area contributed by atoms with E-state index in [1.54, 1.807) is 18.2 Å². The van der Waals surface area contributed by atoms with Gasteiger partial charge in [-0.3, -0.25) is 14.4 Å². The van der Waals surface area contributed by atoms with Crippen LogP contribution >= 0.6 is 0 Å². The van der Waals surface area contributed by atoms with Gasteiger partial charge in [0.15, 0.2) is 18.1 Å². The van der Waals surface area contributed by atoms with Crippen molar-refractivity contribution in [2.75, 3.05) is 31.7 Å². The van der Waals surface area contributed by atoms with Gasteiger partial charge >= 0.3 is 11.8 Å². The highest BCUT2D eigenvalue weighted by Gasteiger charge is 2.19. The minimum Gasteiger partial charge on any atom is -0.490 e. The van der Waals surface area contributed by atoms with Crippen molar-refractivity contribution in [3.05, 3.63) is 53.1 Å². The van der Waals surface area contributed by atoms with Gasteiger partial charge in [-0.15, -0.1) is 0 Å². The van der Waals surface area contributed by atoms with E-state index >= 15 is 0 Å². The maximum absolute atomic E-state index is 12.3. The van der Waals surface area contributed by atoms with Gasteiger partial charge in [-0.25, -0.2) is 5.43 Å². The maximum atomic E-state index is 12.3. The van der Waals surface area contributed by atoms with Gasteiger partial charge in [0.2, 0.25) is 0 Å². The van der Waals surface area contributed by atoms with Crippen molar-refractivity contribution in [1.82, 2.24) is 10.7 Å². The van der Waals surface area contributed by atoms with Gasteiger partial charge in [0.25, 0.3) is 5.91 Å². The molecule has 36 heavy (non-hydrogen) atoms. The molecule has 2 aromatic rings. The minimum atomic E-state index is -0.871. The lowest BCUT2D eigenvalue weighted by Gasteiger charge is -2.13. The van der Waals surface area contributed by atoms with E-state index in [9.17, 15) is 14.4 Å². The SMILES string of the molecule is CCOc1cc(/C=N\NC(=O)C(=O)NC[C@@H]2CCCO2)ccc1OCC(=O)Nc1ccc(C)c(C)c1. The number of hydrazone groups is 1. The topological polar surface area (TPSA) is 127 Å². The lowest BCUT2D eigenvalue weighted by atomic mass is 10.1. The molecule has 0 unspecified atom stereocenters. The molecule has 192 valence electrons. The van der Waals surface area contributed by atoms with E-state index in [0.717, 1.165) is 24.0 Å². The lowest BCUT2D eigenvalue weighted by molar-refractivity contribution is -0.139. The van der Waals surface area contributed by atoms with Crippen LogP contribution in [0, 0.1) is 13.8 Å². The van der Waals surface area contributed by atoms with E-state index < -0.39 is 11.8 Å².